The molecule has 2 aliphatic carbocycles. The highest BCUT2D eigenvalue weighted by molar-refractivity contribution is 4.86. The van der Waals surface area contributed by atoms with Gasteiger partial charge in [0.15, 0.2) is 0 Å². The molecule has 0 aromatic carbocycles. The van der Waals surface area contributed by atoms with Gasteiger partial charge in [-0.15, -0.1) is 0 Å². The predicted molar refractivity (Wildman–Crippen MR) is 110 cm³/mol. The van der Waals surface area contributed by atoms with E-state index < -0.39 is 0 Å². The molecule has 0 unspecified atom stereocenters. The van der Waals surface area contributed by atoms with Crippen molar-refractivity contribution >= 4 is 0 Å². The third-order valence-electron chi connectivity index (χ3n) is 8.13. The number of likely N-dealkylation sites (tertiary alicyclic amines) is 1. The van der Waals surface area contributed by atoms with E-state index in [1.54, 1.807) is 38.5 Å². The molecule has 3 rings (SSSR count). The normalized spacial score (nSPS) is 35.8. The average molecular weight is 348 g/mol. The summed E-state index contributed by atoms with van der Waals surface area (Å²) in [5.74, 6) is 4.30. The molecule has 0 bridgehead atoms. The first-order chi connectivity index (χ1) is 12.3. The summed E-state index contributed by atoms with van der Waals surface area (Å²) < 4.78 is 0. The molecule has 3 aliphatic rings. The maximum absolute atomic E-state index is 2.88. The van der Waals surface area contributed by atoms with Gasteiger partial charge in [0.2, 0.25) is 0 Å². The topological polar surface area (TPSA) is 3.24 Å². The molecule has 1 nitrogen and oxygen atoms in total. The van der Waals surface area contributed by atoms with Gasteiger partial charge in [0.25, 0.3) is 0 Å². The van der Waals surface area contributed by atoms with Crippen LogP contribution in [0.1, 0.15) is 110 Å². The summed E-state index contributed by atoms with van der Waals surface area (Å²) in [6, 6.07) is 0.944. The number of nitrogens with zero attached hydrogens (tertiary/aromatic N) is 1. The van der Waals surface area contributed by atoms with Crippen molar-refractivity contribution in [2.75, 3.05) is 13.1 Å². The Balaban J connectivity index is 1.34. The van der Waals surface area contributed by atoms with Crippen molar-refractivity contribution in [1.29, 1.82) is 0 Å². The Kier molecular flexibility index (Phi) is 8.15. The van der Waals surface area contributed by atoms with Crippen LogP contribution in [0.5, 0.6) is 0 Å². The highest BCUT2D eigenvalue weighted by Gasteiger charge is 2.33. The Bertz CT molecular complexity index is 341. The summed E-state index contributed by atoms with van der Waals surface area (Å²) in [6.45, 7) is 7.51. The van der Waals surface area contributed by atoms with E-state index in [9.17, 15) is 0 Å². The first-order valence-electron chi connectivity index (χ1n) is 12.0. The van der Waals surface area contributed by atoms with Gasteiger partial charge in [-0.05, 0) is 88.1 Å². The summed E-state index contributed by atoms with van der Waals surface area (Å²) in [4.78, 5) is 2.88. The molecule has 1 saturated heterocycles. The van der Waals surface area contributed by atoms with Gasteiger partial charge in [-0.3, -0.25) is 0 Å². The molecule has 0 atom stereocenters. The van der Waals surface area contributed by atoms with Crippen LogP contribution in [-0.2, 0) is 0 Å². The van der Waals surface area contributed by atoms with Crippen LogP contribution in [0, 0.1) is 23.7 Å². The molecular weight excluding hydrogens is 302 g/mol. The van der Waals surface area contributed by atoms with Crippen molar-refractivity contribution in [2.45, 2.75) is 116 Å². The van der Waals surface area contributed by atoms with E-state index in [-0.39, 0.29) is 0 Å². The number of piperidine rings is 1. The zero-order chi connectivity index (χ0) is 17.5. The number of unbranched alkanes of at least 4 members (excludes halogenated alkanes) is 1. The molecule has 25 heavy (non-hydrogen) atoms. The minimum atomic E-state index is 0.944. The molecule has 0 aromatic rings. The zero-order valence-electron chi connectivity index (χ0n) is 17.4. The molecule has 0 amide bonds. The Morgan fingerprint density at radius 3 is 1.72 bits per heavy atom. The van der Waals surface area contributed by atoms with Crippen molar-refractivity contribution in [2.24, 2.45) is 23.7 Å². The monoisotopic (exact) mass is 347 g/mol. The summed E-state index contributed by atoms with van der Waals surface area (Å²) >= 11 is 0. The van der Waals surface area contributed by atoms with Crippen molar-refractivity contribution in [3.05, 3.63) is 0 Å². The van der Waals surface area contributed by atoms with Crippen LogP contribution in [0.2, 0.25) is 0 Å². The van der Waals surface area contributed by atoms with Gasteiger partial charge in [-0.25, -0.2) is 0 Å². The summed E-state index contributed by atoms with van der Waals surface area (Å²) in [5, 5.41) is 0. The van der Waals surface area contributed by atoms with E-state index in [1.807, 2.05) is 0 Å². The zero-order valence-corrected chi connectivity index (χ0v) is 17.4. The largest absolute Gasteiger partial charge is 0.300 e. The van der Waals surface area contributed by atoms with Crippen molar-refractivity contribution in [3.63, 3.8) is 0 Å². The summed E-state index contributed by atoms with van der Waals surface area (Å²) in [5.41, 5.74) is 0. The van der Waals surface area contributed by atoms with E-state index in [1.165, 1.54) is 70.9 Å². The van der Waals surface area contributed by atoms with Crippen molar-refractivity contribution in [1.82, 2.24) is 4.90 Å². The smallest absolute Gasteiger partial charge is 0.00954 e. The van der Waals surface area contributed by atoms with Gasteiger partial charge in [0, 0.05) is 6.04 Å². The third kappa shape index (κ3) is 5.72. The van der Waals surface area contributed by atoms with Crippen LogP contribution in [0.15, 0.2) is 0 Å². The fourth-order valence-corrected chi connectivity index (χ4v) is 6.39. The number of hydrogen-bond donors (Lipinski definition) is 0. The molecule has 0 aromatic heterocycles. The van der Waals surface area contributed by atoms with Crippen LogP contribution in [-0.4, -0.2) is 24.0 Å². The Hall–Kier alpha value is -0.0400. The summed E-state index contributed by atoms with van der Waals surface area (Å²) in [6.07, 6.45) is 22.5. The molecule has 1 aliphatic heterocycles. The second kappa shape index (κ2) is 10.3. The van der Waals surface area contributed by atoms with Gasteiger partial charge < -0.3 is 4.90 Å². The maximum Gasteiger partial charge on any atom is 0.00954 e. The van der Waals surface area contributed by atoms with E-state index in [0.29, 0.717) is 0 Å². The first-order valence-corrected chi connectivity index (χ1v) is 12.0. The fraction of sp³-hybridized carbons (Fsp3) is 1.00. The minimum absolute atomic E-state index is 0.944. The van der Waals surface area contributed by atoms with E-state index in [0.717, 1.165) is 29.7 Å². The van der Waals surface area contributed by atoms with E-state index in [2.05, 4.69) is 18.7 Å². The van der Waals surface area contributed by atoms with E-state index >= 15 is 0 Å². The fourth-order valence-electron chi connectivity index (χ4n) is 6.39. The van der Waals surface area contributed by atoms with Crippen LogP contribution in [0.3, 0.4) is 0 Å². The minimum Gasteiger partial charge on any atom is -0.300 e. The molecule has 0 spiro atoms. The molecule has 1 heterocycles. The average Bonchev–Trinajstić information content (AvgIpc) is 2.68. The maximum atomic E-state index is 2.88. The van der Waals surface area contributed by atoms with Gasteiger partial charge in [-0.2, -0.15) is 0 Å². The van der Waals surface area contributed by atoms with Gasteiger partial charge >= 0.3 is 0 Å². The lowest BCUT2D eigenvalue weighted by Gasteiger charge is -2.43. The van der Waals surface area contributed by atoms with Crippen LogP contribution < -0.4 is 0 Å². The second-order valence-electron chi connectivity index (χ2n) is 9.76. The molecule has 2 saturated carbocycles. The Morgan fingerprint density at radius 1 is 0.600 bits per heavy atom. The Labute approximate surface area is 158 Å². The van der Waals surface area contributed by atoms with Gasteiger partial charge in [0.1, 0.15) is 0 Å². The van der Waals surface area contributed by atoms with Gasteiger partial charge in [-0.1, -0.05) is 58.8 Å². The van der Waals surface area contributed by atoms with Crippen molar-refractivity contribution in [3.8, 4) is 0 Å². The number of rotatable bonds is 7. The van der Waals surface area contributed by atoms with Crippen LogP contribution in [0.25, 0.3) is 0 Å². The van der Waals surface area contributed by atoms with E-state index in [4.69, 9.17) is 0 Å². The highest BCUT2D eigenvalue weighted by Crippen LogP contribution is 2.42. The SMILES string of the molecule is CCCC[C@H]1CC[C@H](C2CCC(N3CCC(CCC)CC3)CC2)CC1. The Morgan fingerprint density at radius 2 is 1.16 bits per heavy atom. The quantitative estimate of drug-likeness (QED) is 0.476. The lowest BCUT2D eigenvalue weighted by atomic mass is 9.69. The molecule has 1 heteroatoms. The van der Waals surface area contributed by atoms with Gasteiger partial charge in [0.05, 0.1) is 0 Å². The van der Waals surface area contributed by atoms with Crippen LogP contribution in [0.4, 0.5) is 0 Å². The standard InChI is InChI=1S/C24H45N/c1-3-5-7-21-8-10-22(11-9-21)23-12-14-24(15-13-23)25-18-16-20(6-4-2)17-19-25/h20-24H,3-19H2,1-2H3/t21-,22-,23?,24?. The molecular formula is C24H45N. The lowest BCUT2D eigenvalue weighted by molar-refractivity contribution is 0.0720. The third-order valence-corrected chi connectivity index (χ3v) is 8.13. The molecule has 0 radical (unpaired) electrons. The van der Waals surface area contributed by atoms with Crippen molar-refractivity contribution < 1.29 is 0 Å². The predicted octanol–water partition coefficient (Wildman–Crippen LogP) is 7.05. The summed E-state index contributed by atoms with van der Waals surface area (Å²) in [7, 11) is 0. The first kappa shape index (κ1) is 19.7. The molecule has 3 fully saturated rings. The molecule has 0 N–H and O–H groups in total. The number of hydrogen-bond acceptors (Lipinski definition) is 1. The van der Waals surface area contributed by atoms with Crippen LogP contribution >= 0.6 is 0 Å². The molecule has 146 valence electrons. The second-order valence-corrected chi connectivity index (χ2v) is 9.76. The highest BCUT2D eigenvalue weighted by atomic mass is 15.2. The lowest BCUT2D eigenvalue weighted by Crippen LogP contribution is -2.43.